The summed E-state index contributed by atoms with van der Waals surface area (Å²) >= 11 is 0. The van der Waals surface area contributed by atoms with Crippen LogP contribution in [-0.4, -0.2) is 32.1 Å². The summed E-state index contributed by atoms with van der Waals surface area (Å²) < 4.78 is 10.9. The standard InChI is InChI=1S/C32H45NO4/c1-28(2)12-8-20-9-14-32(6)27(26(20)21(28)17-33)22(34)16-24-29(3)13-11-25(35)30(4,18-37-19-36-7)23(29)10-15-31(24,32)5/h11,13,16,20-21,23,26-27H,8-10,12,14-15,18-19H2,1-7H3. The number of hydrogen-bond acceptors (Lipinski definition) is 5. The average Bonchev–Trinajstić information content (AvgIpc) is 2.83. The normalized spacial score (nSPS) is 48.2. The maximum Gasteiger partial charge on any atom is 0.163 e. The van der Waals surface area contributed by atoms with Gasteiger partial charge in [-0.05, 0) is 91.6 Å². The first kappa shape index (κ1) is 26.8. The van der Waals surface area contributed by atoms with Crippen molar-refractivity contribution >= 4 is 11.6 Å². The van der Waals surface area contributed by atoms with E-state index in [1.165, 1.54) is 5.57 Å². The lowest BCUT2D eigenvalue weighted by molar-refractivity contribution is -0.164. The summed E-state index contributed by atoms with van der Waals surface area (Å²) in [6.07, 6.45) is 12.0. The molecule has 0 heterocycles. The Kier molecular flexibility index (Phi) is 6.25. The van der Waals surface area contributed by atoms with Gasteiger partial charge in [0, 0.05) is 18.4 Å². The molecule has 37 heavy (non-hydrogen) atoms. The van der Waals surface area contributed by atoms with Gasteiger partial charge in [0.05, 0.1) is 24.0 Å². The summed E-state index contributed by atoms with van der Waals surface area (Å²) in [5.41, 5.74) is -0.301. The second kappa shape index (κ2) is 8.62. The SMILES string of the molecule is COCOCC1(C)C(=O)C=CC2(C)C3=CC(=O)C4C5C(CCC(C)(C)C5C#N)CCC4(C)C3(C)CCC21. The zero-order chi connectivity index (χ0) is 27.0. The highest BCUT2D eigenvalue weighted by Crippen LogP contribution is 2.73. The number of nitrogens with zero attached hydrogens (tertiary/aromatic N) is 1. The fraction of sp³-hybridized carbons (Fsp3) is 0.781. The average molecular weight is 508 g/mol. The van der Waals surface area contributed by atoms with Crippen LogP contribution in [0.5, 0.6) is 0 Å². The molecule has 5 rings (SSSR count). The fourth-order valence-corrected chi connectivity index (χ4v) is 10.0. The second-order valence-corrected chi connectivity index (χ2v) is 14.4. The maximum atomic E-state index is 14.3. The van der Waals surface area contributed by atoms with E-state index in [9.17, 15) is 14.9 Å². The Balaban J connectivity index is 1.61. The number of allylic oxidation sites excluding steroid dienone is 4. The van der Waals surface area contributed by atoms with E-state index in [0.717, 1.165) is 38.5 Å². The quantitative estimate of drug-likeness (QED) is 0.330. The van der Waals surface area contributed by atoms with E-state index in [4.69, 9.17) is 9.47 Å². The molecule has 3 saturated carbocycles. The Morgan fingerprint density at radius 3 is 2.41 bits per heavy atom. The summed E-state index contributed by atoms with van der Waals surface area (Å²) in [5.74, 6) is 0.734. The van der Waals surface area contributed by atoms with Crippen LogP contribution >= 0.6 is 0 Å². The van der Waals surface area contributed by atoms with Gasteiger partial charge in [0.1, 0.15) is 6.79 Å². The van der Waals surface area contributed by atoms with Crippen molar-refractivity contribution in [3.05, 3.63) is 23.8 Å². The van der Waals surface area contributed by atoms with Crippen LogP contribution in [0, 0.1) is 68.0 Å². The van der Waals surface area contributed by atoms with Gasteiger partial charge >= 0.3 is 0 Å². The molecule has 5 nitrogen and oxygen atoms in total. The molecule has 0 radical (unpaired) electrons. The van der Waals surface area contributed by atoms with Gasteiger partial charge in [-0.3, -0.25) is 9.59 Å². The molecule has 0 aromatic heterocycles. The minimum absolute atomic E-state index is 0.0541. The van der Waals surface area contributed by atoms with Crippen molar-refractivity contribution in [1.29, 1.82) is 5.26 Å². The number of nitriles is 1. The van der Waals surface area contributed by atoms with Crippen LogP contribution in [-0.2, 0) is 19.1 Å². The van der Waals surface area contributed by atoms with Crippen molar-refractivity contribution in [3.8, 4) is 6.07 Å². The summed E-state index contributed by atoms with van der Waals surface area (Å²) in [6.45, 7) is 13.9. The van der Waals surface area contributed by atoms with Crippen LogP contribution in [0.25, 0.3) is 0 Å². The van der Waals surface area contributed by atoms with Gasteiger partial charge in [-0.1, -0.05) is 46.3 Å². The number of ether oxygens (including phenoxy) is 2. The predicted molar refractivity (Wildman–Crippen MR) is 142 cm³/mol. The predicted octanol–water partition coefficient (Wildman–Crippen LogP) is 6.29. The van der Waals surface area contributed by atoms with E-state index in [-0.39, 0.29) is 58.3 Å². The molecule has 0 aliphatic heterocycles. The highest BCUT2D eigenvalue weighted by atomic mass is 16.7. The van der Waals surface area contributed by atoms with Crippen LogP contribution in [0.4, 0.5) is 0 Å². The van der Waals surface area contributed by atoms with Crippen molar-refractivity contribution in [2.24, 2.45) is 56.7 Å². The van der Waals surface area contributed by atoms with Gasteiger partial charge in [-0.25, -0.2) is 0 Å². The van der Waals surface area contributed by atoms with Gasteiger partial charge in [-0.15, -0.1) is 0 Å². The molecule has 0 amide bonds. The molecule has 202 valence electrons. The van der Waals surface area contributed by atoms with Gasteiger partial charge < -0.3 is 9.47 Å². The van der Waals surface area contributed by atoms with Crippen LogP contribution in [0.15, 0.2) is 23.8 Å². The van der Waals surface area contributed by atoms with Gasteiger partial charge in [0.15, 0.2) is 11.6 Å². The second-order valence-electron chi connectivity index (χ2n) is 14.4. The lowest BCUT2D eigenvalue weighted by atomic mass is 9.35. The molecule has 9 atom stereocenters. The Morgan fingerprint density at radius 2 is 1.73 bits per heavy atom. The Hall–Kier alpha value is -1.77. The molecule has 5 aliphatic carbocycles. The first-order valence-corrected chi connectivity index (χ1v) is 14.3. The molecular formula is C32H45NO4. The molecule has 0 aromatic carbocycles. The minimum Gasteiger partial charge on any atom is -0.359 e. The summed E-state index contributed by atoms with van der Waals surface area (Å²) in [4.78, 5) is 27.6. The van der Waals surface area contributed by atoms with Crippen molar-refractivity contribution in [1.82, 2.24) is 0 Å². The first-order valence-electron chi connectivity index (χ1n) is 14.3. The van der Waals surface area contributed by atoms with Crippen LogP contribution in [0.1, 0.15) is 80.1 Å². The Morgan fingerprint density at radius 1 is 1.03 bits per heavy atom. The number of carbonyl (C=O) groups is 2. The third-order valence-corrected chi connectivity index (χ3v) is 12.4. The molecule has 0 N–H and O–H groups in total. The van der Waals surface area contributed by atoms with Gasteiger partial charge in [0.25, 0.3) is 0 Å². The zero-order valence-corrected chi connectivity index (χ0v) is 23.9. The summed E-state index contributed by atoms with van der Waals surface area (Å²) in [7, 11) is 1.59. The van der Waals surface area contributed by atoms with Crippen molar-refractivity contribution in [2.45, 2.75) is 80.1 Å². The van der Waals surface area contributed by atoms with Crippen molar-refractivity contribution in [3.63, 3.8) is 0 Å². The number of methoxy groups -OCH3 is 1. The Labute approximate surface area is 223 Å². The van der Waals surface area contributed by atoms with E-state index in [1.807, 2.05) is 13.0 Å². The first-order chi connectivity index (χ1) is 17.3. The number of fused-ring (bicyclic) bond motifs is 7. The Bertz CT molecular complexity index is 1100. The molecule has 5 aliphatic rings. The van der Waals surface area contributed by atoms with E-state index < -0.39 is 10.8 Å². The molecule has 0 saturated heterocycles. The van der Waals surface area contributed by atoms with Crippen LogP contribution < -0.4 is 0 Å². The van der Waals surface area contributed by atoms with Crippen LogP contribution in [0.3, 0.4) is 0 Å². The molecule has 0 spiro atoms. The molecule has 0 bridgehead atoms. The number of ketones is 2. The number of hydrogen-bond donors (Lipinski definition) is 0. The molecule has 5 heteroatoms. The zero-order valence-electron chi connectivity index (χ0n) is 23.9. The lowest BCUT2D eigenvalue weighted by Crippen LogP contribution is -2.64. The monoisotopic (exact) mass is 507 g/mol. The maximum absolute atomic E-state index is 14.3. The topological polar surface area (TPSA) is 76.4 Å². The summed E-state index contributed by atoms with van der Waals surface area (Å²) in [5, 5.41) is 10.4. The highest BCUT2D eigenvalue weighted by molar-refractivity contribution is 5.98. The smallest absolute Gasteiger partial charge is 0.163 e. The van der Waals surface area contributed by atoms with E-state index in [0.29, 0.717) is 12.5 Å². The van der Waals surface area contributed by atoms with E-state index in [2.05, 4.69) is 46.8 Å². The lowest BCUT2D eigenvalue weighted by Gasteiger charge is -2.68. The molecule has 0 aromatic rings. The highest BCUT2D eigenvalue weighted by Gasteiger charge is 2.68. The number of carbonyl (C=O) groups excluding carboxylic acids is 2. The summed E-state index contributed by atoms with van der Waals surface area (Å²) in [6, 6.07) is 2.70. The van der Waals surface area contributed by atoms with E-state index >= 15 is 0 Å². The third-order valence-electron chi connectivity index (χ3n) is 12.4. The minimum atomic E-state index is -0.665. The van der Waals surface area contributed by atoms with Crippen molar-refractivity contribution < 1.29 is 19.1 Å². The fourth-order valence-electron chi connectivity index (χ4n) is 10.0. The van der Waals surface area contributed by atoms with Gasteiger partial charge in [0.2, 0.25) is 0 Å². The largest absolute Gasteiger partial charge is 0.359 e. The molecule has 3 fully saturated rings. The third kappa shape index (κ3) is 3.47. The van der Waals surface area contributed by atoms with Crippen LogP contribution in [0.2, 0.25) is 0 Å². The van der Waals surface area contributed by atoms with Crippen molar-refractivity contribution in [2.75, 3.05) is 20.5 Å². The van der Waals surface area contributed by atoms with Gasteiger partial charge in [-0.2, -0.15) is 5.26 Å². The number of rotatable bonds is 4. The molecular weight excluding hydrogens is 462 g/mol. The molecule has 9 unspecified atom stereocenters. The van der Waals surface area contributed by atoms with E-state index in [1.54, 1.807) is 13.2 Å².